The van der Waals surface area contributed by atoms with Gasteiger partial charge in [0.1, 0.15) is 11.9 Å². The molecular formula is C14H10BrFN2O2. The van der Waals surface area contributed by atoms with Gasteiger partial charge in [0.25, 0.3) is 0 Å². The highest BCUT2D eigenvalue weighted by Gasteiger charge is 2.38. The highest BCUT2D eigenvalue weighted by Crippen LogP contribution is 2.37. The van der Waals surface area contributed by atoms with E-state index in [0.29, 0.717) is 5.56 Å². The number of cyclic esters (lactones) is 1. The van der Waals surface area contributed by atoms with E-state index in [9.17, 15) is 9.18 Å². The van der Waals surface area contributed by atoms with Gasteiger partial charge in [-0.25, -0.2) is 9.18 Å². The lowest BCUT2D eigenvalue weighted by Gasteiger charge is -2.18. The van der Waals surface area contributed by atoms with E-state index >= 15 is 0 Å². The minimum absolute atomic E-state index is 0.343. The lowest BCUT2D eigenvalue weighted by Crippen LogP contribution is -2.20. The Labute approximate surface area is 123 Å². The van der Waals surface area contributed by atoms with Gasteiger partial charge in [-0.3, -0.25) is 4.98 Å². The van der Waals surface area contributed by atoms with Gasteiger partial charge in [-0.1, -0.05) is 18.2 Å². The van der Waals surface area contributed by atoms with Crippen molar-refractivity contribution >= 4 is 22.0 Å². The van der Waals surface area contributed by atoms with Gasteiger partial charge in [-0.05, 0) is 33.6 Å². The van der Waals surface area contributed by atoms with E-state index in [4.69, 9.17) is 4.74 Å². The maximum atomic E-state index is 13.9. The molecule has 2 unspecified atom stereocenters. The zero-order chi connectivity index (χ0) is 14.1. The van der Waals surface area contributed by atoms with Crippen LogP contribution in [0.15, 0.2) is 47.2 Å². The molecule has 2 atom stereocenters. The molecule has 2 aromatic rings. The monoisotopic (exact) mass is 336 g/mol. The fourth-order valence-corrected chi connectivity index (χ4v) is 2.61. The van der Waals surface area contributed by atoms with E-state index in [1.807, 2.05) is 6.07 Å². The molecule has 20 heavy (non-hydrogen) atoms. The number of carbonyl (C=O) groups is 1. The molecule has 0 aliphatic carbocycles. The first-order chi connectivity index (χ1) is 9.65. The molecule has 1 N–H and O–H groups in total. The Morgan fingerprint density at radius 3 is 2.85 bits per heavy atom. The molecule has 4 nitrogen and oxygen atoms in total. The molecule has 102 valence electrons. The Bertz CT molecular complexity index is 665. The van der Waals surface area contributed by atoms with Crippen LogP contribution in [-0.4, -0.2) is 11.1 Å². The standard InChI is InChI=1S/C14H10BrFN2O2/c15-9-5-8(6-17-7-9)12-13(20-14(19)18-12)10-3-1-2-4-11(10)16/h1-7,12-13H,(H,18,19). The first-order valence-corrected chi connectivity index (χ1v) is 6.76. The van der Waals surface area contributed by atoms with Crippen LogP contribution >= 0.6 is 15.9 Å². The lowest BCUT2D eigenvalue weighted by molar-refractivity contribution is 0.130. The van der Waals surface area contributed by atoms with Crippen molar-refractivity contribution in [2.45, 2.75) is 12.1 Å². The zero-order valence-corrected chi connectivity index (χ0v) is 11.8. The number of halogens is 2. The molecule has 3 rings (SSSR count). The van der Waals surface area contributed by atoms with Crippen LogP contribution in [0.25, 0.3) is 0 Å². The number of hydrogen-bond acceptors (Lipinski definition) is 3. The Balaban J connectivity index is 2.01. The number of nitrogens with zero attached hydrogens (tertiary/aromatic N) is 1. The van der Waals surface area contributed by atoms with Gasteiger partial charge in [0, 0.05) is 22.4 Å². The molecule has 1 aliphatic heterocycles. The number of pyridine rings is 1. The minimum atomic E-state index is -0.709. The smallest absolute Gasteiger partial charge is 0.408 e. The summed E-state index contributed by atoms with van der Waals surface area (Å²) in [6, 6.07) is 7.61. The highest BCUT2D eigenvalue weighted by molar-refractivity contribution is 9.10. The molecule has 1 aromatic heterocycles. The maximum absolute atomic E-state index is 13.9. The number of amides is 1. The van der Waals surface area contributed by atoms with E-state index in [1.165, 1.54) is 6.07 Å². The number of benzene rings is 1. The summed E-state index contributed by atoms with van der Waals surface area (Å²) >= 11 is 3.32. The first-order valence-electron chi connectivity index (χ1n) is 5.97. The average molecular weight is 337 g/mol. The van der Waals surface area contributed by atoms with Crippen molar-refractivity contribution in [3.63, 3.8) is 0 Å². The number of alkyl carbamates (subject to hydrolysis) is 1. The van der Waals surface area contributed by atoms with Crippen LogP contribution in [0.1, 0.15) is 23.3 Å². The van der Waals surface area contributed by atoms with Gasteiger partial charge in [0.05, 0.1) is 0 Å². The van der Waals surface area contributed by atoms with E-state index in [1.54, 1.807) is 30.6 Å². The minimum Gasteiger partial charge on any atom is -0.439 e. The summed E-state index contributed by atoms with van der Waals surface area (Å²) in [6.07, 6.45) is 1.99. The Morgan fingerprint density at radius 1 is 1.30 bits per heavy atom. The van der Waals surface area contributed by atoms with Crippen molar-refractivity contribution in [3.05, 3.63) is 64.1 Å². The summed E-state index contributed by atoms with van der Waals surface area (Å²) in [5.41, 5.74) is 1.09. The largest absolute Gasteiger partial charge is 0.439 e. The molecule has 1 aromatic carbocycles. The first kappa shape index (κ1) is 13.1. The quantitative estimate of drug-likeness (QED) is 0.912. The van der Waals surface area contributed by atoms with Crippen LogP contribution in [0.3, 0.4) is 0 Å². The fraction of sp³-hybridized carbons (Fsp3) is 0.143. The van der Waals surface area contributed by atoms with Crippen molar-refractivity contribution in [2.24, 2.45) is 0 Å². The van der Waals surface area contributed by atoms with E-state index in [-0.39, 0.29) is 0 Å². The van der Waals surface area contributed by atoms with Crippen molar-refractivity contribution in [1.29, 1.82) is 0 Å². The summed E-state index contributed by atoms with van der Waals surface area (Å²) in [4.78, 5) is 15.6. The predicted octanol–water partition coefficient (Wildman–Crippen LogP) is 3.51. The fourth-order valence-electron chi connectivity index (χ4n) is 2.23. The highest BCUT2D eigenvalue weighted by atomic mass is 79.9. The summed E-state index contributed by atoms with van der Waals surface area (Å²) in [6.45, 7) is 0. The van der Waals surface area contributed by atoms with Gasteiger partial charge in [-0.2, -0.15) is 0 Å². The van der Waals surface area contributed by atoms with Crippen molar-refractivity contribution in [2.75, 3.05) is 0 Å². The summed E-state index contributed by atoms with van der Waals surface area (Å²) in [5.74, 6) is -0.401. The maximum Gasteiger partial charge on any atom is 0.408 e. The topological polar surface area (TPSA) is 51.2 Å². The van der Waals surface area contributed by atoms with E-state index in [2.05, 4.69) is 26.2 Å². The SMILES string of the molecule is O=C1NC(c2cncc(Br)c2)C(c2ccccc2F)O1. The van der Waals surface area contributed by atoms with Crippen molar-refractivity contribution < 1.29 is 13.9 Å². The molecule has 1 aliphatic rings. The van der Waals surface area contributed by atoms with Crippen molar-refractivity contribution in [1.82, 2.24) is 10.3 Å². The molecule has 1 amide bonds. The molecule has 1 saturated heterocycles. The van der Waals surface area contributed by atoms with Gasteiger partial charge in [-0.15, -0.1) is 0 Å². The summed E-state index contributed by atoms with van der Waals surface area (Å²) < 4.78 is 19.9. The van der Waals surface area contributed by atoms with Crippen LogP contribution in [0, 0.1) is 5.82 Å². The molecule has 0 spiro atoms. The predicted molar refractivity (Wildman–Crippen MR) is 73.4 cm³/mol. The molecular weight excluding hydrogens is 327 g/mol. The van der Waals surface area contributed by atoms with Crippen LogP contribution < -0.4 is 5.32 Å². The molecule has 0 bridgehead atoms. The number of nitrogens with one attached hydrogen (secondary N) is 1. The second-order valence-corrected chi connectivity index (χ2v) is 5.32. The number of carbonyl (C=O) groups excluding carboxylic acids is 1. The van der Waals surface area contributed by atoms with Gasteiger partial charge >= 0.3 is 6.09 Å². The third kappa shape index (κ3) is 2.38. The normalized spacial score (nSPS) is 21.4. The zero-order valence-electron chi connectivity index (χ0n) is 10.2. The van der Waals surface area contributed by atoms with Crippen molar-refractivity contribution in [3.8, 4) is 0 Å². The second-order valence-electron chi connectivity index (χ2n) is 4.41. The Morgan fingerprint density at radius 2 is 2.10 bits per heavy atom. The van der Waals surface area contributed by atoms with E-state index in [0.717, 1.165) is 10.0 Å². The molecule has 2 heterocycles. The third-order valence-corrected chi connectivity index (χ3v) is 3.54. The average Bonchev–Trinajstić information content (AvgIpc) is 2.81. The molecule has 6 heteroatoms. The second kappa shape index (κ2) is 5.20. The van der Waals surface area contributed by atoms with Crippen LogP contribution in [0.5, 0.6) is 0 Å². The van der Waals surface area contributed by atoms with E-state index < -0.39 is 24.1 Å². The summed E-state index contributed by atoms with van der Waals surface area (Å²) in [7, 11) is 0. The van der Waals surface area contributed by atoms with Crippen LogP contribution in [-0.2, 0) is 4.74 Å². The Kier molecular flexibility index (Phi) is 3.40. The third-order valence-electron chi connectivity index (χ3n) is 3.11. The van der Waals surface area contributed by atoms with Gasteiger partial charge < -0.3 is 10.1 Å². The molecule has 0 saturated carbocycles. The number of ether oxygens (including phenoxy) is 1. The number of rotatable bonds is 2. The van der Waals surface area contributed by atoms with Crippen LogP contribution in [0.4, 0.5) is 9.18 Å². The number of aromatic nitrogens is 1. The van der Waals surface area contributed by atoms with Gasteiger partial charge in [0.15, 0.2) is 6.10 Å². The lowest BCUT2D eigenvalue weighted by atomic mass is 9.97. The van der Waals surface area contributed by atoms with Gasteiger partial charge in [0.2, 0.25) is 0 Å². The van der Waals surface area contributed by atoms with Crippen LogP contribution in [0.2, 0.25) is 0 Å². The Hall–Kier alpha value is -1.95. The molecule has 0 radical (unpaired) electrons. The molecule has 1 fully saturated rings. The summed E-state index contributed by atoms with van der Waals surface area (Å²) in [5, 5.41) is 2.68. The number of hydrogen-bond donors (Lipinski definition) is 1.